The molecule has 0 N–H and O–H groups in total. The highest BCUT2D eigenvalue weighted by Crippen LogP contribution is 2.33. The molecule has 2 rings (SSSR count). The number of hydrogen-bond acceptors (Lipinski definition) is 1. The molecular formula is C18H20Cl2S. The average Bonchev–Trinajstić information content (AvgIpc) is 2.53. The molecule has 0 atom stereocenters. The van der Waals surface area contributed by atoms with Crippen LogP contribution < -0.4 is 0 Å². The molecule has 21 heavy (non-hydrogen) atoms. The lowest BCUT2D eigenvalue weighted by atomic mass is 10.1. The van der Waals surface area contributed by atoms with Gasteiger partial charge in [-0.05, 0) is 48.9 Å². The van der Waals surface area contributed by atoms with Crippen LogP contribution in [0.15, 0.2) is 58.3 Å². The summed E-state index contributed by atoms with van der Waals surface area (Å²) in [6.07, 6.45) is 4.12. The summed E-state index contributed by atoms with van der Waals surface area (Å²) in [6, 6.07) is 17.2. The highest BCUT2D eigenvalue weighted by Gasteiger charge is 2.07. The molecule has 0 heterocycles. The molecule has 112 valence electrons. The van der Waals surface area contributed by atoms with Crippen LogP contribution in [0.3, 0.4) is 0 Å². The quantitative estimate of drug-likeness (QED) is 0.517. The van der Waals surface area contributed by atoms with E-state index in [-0.39, 0.29) is 0 Å². The minimum atomic E-state index is 0.714. The Morgan fingerprint density at radius 1 is 0.667 bits per heavy atom. The van der Waals surface area contributed by atoms with Gasteiger partial charge in [0.15, 0.2) is 0 Å². The standard InChI is InChI=1S/C18H20Cl2S/c19-13-5-9-15-7-1-3-11-17(15)21-18-12-4-2-8-16(18)10-6-14-20/h1-4,7-8,11-12H,5-6,9-10,13-14H2. The molecule has 0 nitrogen and oxygen atoms in total. The fourth-order valence-electron chi connectivity index (χ4n) is 2.25. The predicted molar refractivity (Wildman–Crippen MR) is 95.1 cm³/mol. The fourth-order valence-corrected chi connectivity index (χ4v) is 3.65. The van der Waals surface area contributed by atoms with Crippen molar-refractivity contribution >= 4 is 35.0 Å². The molecule has 2 aromatic carbocycles. The van der Waals surface area contributed by atoms with Gasteiger partial charge in [0.1, 0.15) is 0 Å². The average molecular weight is 339 g/mol. The van der Waals surface area contributed by atoms with Gasteiger partial charge in [-0.3, -0.25) is 0 Å². The first-order valence-electron chi connectivity index (χ1n) is 7.30. The molecular weight excluding hydrogens is 319 g/mol. The Kier molecular flexibility index (Phi) is 7.49. The smallest absolute Gasteiger partial charge is 0.0226 e. The van der Waals surface area contributed by atoms with E-state index in [1.54, 1.807) is 0 Å². The van der Waals surface area contributed by atoms with Gasteiger partial charge in [-0.1, -0.05) is 48.2 Å². The maximum absolute atomic E-state index is 5.83. The normalized spacial score (nSPS) is 10.8. The summed E-state index contributed by atoms with van der Waals surface area (Å²) in [7, 11) is 0. The summed E-state index contributed by atoms with van der Waals surface area (Å²) in [6.45, 7) is 0. The molecule has 0 radical (unpaired) electrons. The highest BCUT2D eigenvalue weighted by molar-refractivity contribution is 7.99. The highest BCUT2D eigenvalue weighted by atomic mass is 35.5. The second kappa shape index (κ2) is 9.40. The monoisotopic (exact) mass is 338 g/mol. The van der Waals surface area contributed by atoms with Gasteiger partial charge in [0.2, 0.25) is 0 Å². The van der Waals surface area contributed by atoms with Crippen molar-refractivity contribution in [2.24, 2.45) is 0 Å². The zero-order chi connectivity index (χ0) is 14.9. The van der Waals surface area contributed by atoms with E-state index in [4.69, 9.17) is 23.2 Å². The van der Waals surface area contributed by atoms with Crippen LogP contribution in [0.25, 0.3) is 0 Å². The van der Waals surface area contributed by atoms with Gasteiger partial charge in [0.05, 0.1) is 0 Å². The fraction of sp³-hybridized carbons (Fsp3) is 0.333. The van der Waals surface area contributed by atoms with Crippen molar-refractivity contribution in [1.29, 1.82) is 0 Å². The molecule has 2 aromatic rings. The van der Waals surface area contributed by atoms with Crippen LogP contribution in [-0.4, -0.2) is 11.8 Å². The molecule has 0 saturated heterocycles. The number of benzene rings is 2. The molecule has 0 unspecified atom stereocenters. The Bertz CT molecular complexity index is 505. The number of hydrogen-bond donors (Lipinski definition) is 0. The second-order valence-corrected chi connectivity index (χ2v) is 6.74. The van der Waals surface area contributed by atoms with Crippen molar-refractivity contribution in [3.8, 4) is 0 Å². The predicted octanol–water partition coefficient (Wildman–Crippen LogP) is 6.18. The van der Waals surface area contributed by atoms with Gasteiger partial charge in [-0.15, -0.1) is 23.2 Å². The van der Waals surface area contributed by atoms with Crippen LogP contribution in [0, 0.1) is 0 Å². The first kappa shape index (κ1) is 16.7. The number of aryl methyl sites for hydroxylation is 2. The van der Waals surface area contributed by atoms with Crippen LogP contribution in [0.2, 0.25) is 0 Å². The molecule has 0 aliphatic rings. The van der Waals surface area contributed by atoms with E-state index >= 15 is 0 Å². The second-order valence-electron chi connectivity index (χ2n) is 4.90. The van der Waals surface area contributed by atoms with E-state index in [0.717, 1.165) is 25.7 Å². The van der Waals surface area contributed by atoms with E-state index in [9.17, 15) is 0 Å². The number of halogens is 2. The minimum absolute atomic E-state index is 0.714. The molecule has 0 aliphatic heterocycles. The van der Waals surface area contributed by atoms with Crippen LogP contribution in [0.1, 0.15) is 24.0 Å². The summed E-state index contributed by atoms with van der Waals surface area (Å²) in [5, 5.41) is 0. The summed E-state index contributed by atoms with van der Waals surface area (Å²) < 4.78 is 0. The van der Waals surface area contributed by atoms with Gasteiger partial charge in [-0.2, -0.15) is 0 Å². The molecule has 0 saturated carbocycles. The van der Waals surface area contributed by atoms with Gasteiger partial charge >= 0.3 is 0 Å². The molecule has 0 aromatic heterocycles. The molecule has 0 spiro atoms. The van der Waals surface area contributed by atoms with Gasteiger partial charge in [0, 0.05) is 21.6 Å². The maximum atomic E-state index is 5.83. The van der Waals surface area contributed by atoms with E-state index in [2.05, 4.69) is 48.5 Å². The van der Waals surface area contributed by atoms with Crippen LogP contribution in [0.5, 0.6) is 0 Å². The third-order valence-corrected chi connectivity index (χ3v) is 5.10. The van der Waals surface area contributed by atoms with E-state index in [1.165, 1.54) is 20.9 Å². The SMILES string of the molecule is ClCCCc1ccccc1Sc1ccccc1CCCCl. The lowest BCUT2D eigenvalue weighted by Crippen LogP contribution is -1.92. The number of rotatable bonds is 8. The van der Waals surface area contributed by atoms with Crippen molar-refractivity contribution in [1.82, 2.24) is 0 Å². The lowest BCUT2D eigenvalue weighted by Gasteiger charge is -2.12. The summed E-state index contributed by atoms with van der Waals surface area (Å²) in [5.74, 6) is 1.43. The van der Waals surface area contributed by atoms with E-state index < -0.39 is 0 Å². The van der Waals surface area contributed by atoms with Crippen molar-refractivity contribution in [3.05, 3.63) is 59.7 Å². The largest absolute Gasteiger partial charge is 0.127 e. The Hall–Kier alpha value is -0.630. The first-order chi connectivity index (χ1) is 10.3. The van der Waals surface area contributed by atoms with Crippen molar-refractivity contribution in [2.45, 2.75) is 35.5 Å². The Morgan fingerprint density at radius 2 is 1.10 bits per heavy atom. The topological polar surface area (TPSA) is 0 Å². The third kappa shape index (κ3) is 5.25. The molecule has 0 fully saturated rings. The van der Waals surface area contributed by atoms with Crippen LogP contribution in [-0.2, 0) is 12.8 Å². The van der Waals surface area contributed by atoms with Gasteiger partial charge in [-0.25, -0.2) is 0 Å². The van der Waals surface area contributed by atoms with Gasteiger partial charge < -0.3 is 0 Å². The van der Waals surface area contributed by atoms with Crippen molar-refractivity contribution < 1.29 is 0 Å². The maximum Gasteiger partial charge on any atom is 0.0226 e. The summed E-state index contributed by atoms with van der Waals surface area (Å²) in [4.78, 5) is 2.67. The lowest BCUT2D eigenvalue weighted by molar-refractivity contribution is 0.900. The van der Waals surface area contributed by atoms with Gasteiger partial charge in [0.25, 0.3) is 0 Å². The molecule has 0 bridgehead atoms. The van der Waals surface area contributed by atoms with E-state index in [0.29, 0.717) is 11.8 Å². The third-order valence-electron chi connectivity index (χ3n) is 3.32. The van der Waals surface area contributed by atoms with E-state index in [1.807, 2.05) is 11.8 Å². The summed E-state index contributed by atoms with van der Waals surface area (Å²) in [5.41, 5.74) is 2.77. The zero-order valence-corrected chi connectivity index (χ0v) is 14.4. The molecule has 3 heteroatoms. The Labute approximate surface area is 141 Å². The van der Waals surface area contributed by atoms with Crippen LogP contribution >= 0.6 is 35.0 Å². The van der Waals surface area contributed by atoms with Crippen molar-refractivity contribution in [3.63, 3.8) is 0 Å². The molecule has 0 aliphatic carbocycles. The number of alkyl halides is 2. The minimum Gasteiger partial charge on any atom is -0.127 e. The van der Waals surface area contributed by atoms with Crippen LogP contribution in [0.4, 0.5) is 0 Å². The Balaban J connectivity index is 2.18. The van der Waals surface area contributed by atoms with Crippen molar-refractivity contribution in [2.75, 3.05) is 11.8 Å². The Morgan fingerprint density at radius 3 is 1.52 bits per heavy atom. The zero-order valence-electron chi connectivity index (χ0n) is 12.0. The molecule has 0 amide bonds. The first-order valence-corrected chi connectivity index (χ1v) is 9.19. The summed E-state index contributed by atoms with van der Waals surface area (Å²) >= 11 is 13.5.